The normalized spacial score (nSPS) is 25.0. The molecule has 0 aliphatic carbocycles. The van der Waals surface area contributed by atoms with Crippen LogP contribution in [0.25, 0.3) is 0 Å². The van der Waals surface area contributed by atoms with Gasteiger partial charge in [-0.15, -0.1) is 0 Å². The van der Waals surface area contributed by atoms with Crippen LogP contribution in [-0.2, 0) is 74.9 Å². The summed E-state index contributed by atoms with van der Waals surface area (Å²) < 4.78 is 51.0. The van der Waals surface area contributed by atoms with Gasteiger partial charge in [0.2, 0.25) is 23.6 Å². The summed E-state index contributed by atoms with van der Waals surface area (Å²) in [5, 5.41) is 22.1. The van der Waals surface area contributed by atoms with Crippen molar-refractivity contribution in [1.82, 2.24) is 25.3 Å². The number of hydrogen-bond acceptors (Lipinski definition) is 20. The van der Waals surface area contributed by atoms with Crippen molar-refractivity contribution in [2.24, 2.45) is 5.92 Å². The number of epoxide rings is 1. The fraction of sp³-hybridized carbons (Fsp3) is 0.550. The second kappa shape index (κ2) is 33.4. The molecule has 6 rings (SSSR count). The Morgan fingerprint density at radius 3 is 2.44 bits per heavy atom. The summed E-state index contributed by atoms with van der Waals surface area (Å²) in [6.07, 6.45) is 0.909. The predicted octanol–water partition coefficient (Wildman–Crippen LogP) is 6.28. The van der Waals surface area contributed by atoms with Crippen molar-refractivity contribution in [2.75, 3.05) is 109 Å². The second-order valence-corrected chi connectivity index (χ2v) is 24.2. The molecule has 0 aromatic heterocycles. The number of anilines is 3. The minimum atomic E-state index is -1.91. The van der Waals surface area contributed by atoms with Crippen molar-refractivity contribution in [2.45, 2.75) is 114 Å². The molecule has 27 nitrogen and oxygen atoms in total. The zero-order valence-electron chi connectivity index (χ0n) is 52.0. The van der Waals surface area contributed by atoms with Gasteiger partial charge in [-0.1, -0.05) is 82.2 Å². The lowest BCUT2D eigenvalue weighted by molar-refractivity contribution is -0.162. The molecule has 4 aliphatic rings. The molecule has 1 unspecified atom stereocenters. The number of nitrogens with zero attached hydrogens (tertiary/aromatic N) is 4. The van der Waals surface area contributed by atoms with Crippen LogP contribution in [0.15, 0.2) is 66.3 Å². The fourth-order valence-electron chi connectivity index (χ4n) is 9.89. The lowest BCUT2D eigenvalue weighted by Gasteiger charge is -2.42. The Morgan fingerprint density at radius 1 is 0.978 bits per heavy atom. The summed E-state index contributed by atoms with van der Waals surface area (Å²) in [5.74, 6) is -2.96. The Balaban J connectivity index is 1.03. The molecule has 2 saturated heterocycles. The van der Waals surface area contributed by atoms with Gasteiger partial charge in [-0.05, 0) is 68.7 Å². The number of likely N-dealkylation sites (N-methyl/N-ethyl adjacent to an activating group) is 3. The minimum Gasteiger partial charge on any atom is -0.495 e. The van der Waals surface area contributed by atoms with Crippen LogP contribution in [0.3, 0.4) is 0 Å². The van der Waals surface area contributed by atoms with E-state index in [9.17, 15) is 48.3 Å². The highest BCUT2D eigenvalue weighted by Crippen LogP contribution is 2.49. The van der Waals surface area contributed by atoms with Crippen LogP contribution in [0.2, 0.25) is 5.02 Å². The van der Waals surface area contributed by atoms with E-state index in [-0.39, 0.29) is 98.9 Å². The number of aliphatic hydroxyl groups is 1. The van der Waals surface area contributed by atoms with E-state index in [4.69, 9.17) is 54.2 Å². The van der Waals surface area contributed by atoms with Crippen molar-refractivity contribution in [3.05, 3.63) is 82.4 Å². The maximum absolute atomic E-state index is 14.4. The molecule has 4 heterocycles. The number of amides is 8. The first-order valence-corrected chi connectivity index (χ1v) is 31.3. The Morgan fingerprint density at radius 2 is 1.72 bits per heavy atom. The molecule has 2 aromatic carbocycles. The molecule has 4 bridgehead atoms. The van der Waals surface area contributed by atoms with Crippen LogP contribution in [0.4, 0.5) is 36.2 Å². The molecule has 2 aromatic rings. The smallest absolute Gasteiger partial charge is 0.412 e. The number of nitrogens with one attached hydrogen (secondary N) is 4. The highest BCUT2D eigenvalue weighted by atomic mass is 79.9. The van der Waals surface area contributed by atoms with Gasteiger partial charge in [0.25, 0.3) is 5.24 Å². The van der Waals surface area contributed by atoms with Gasteiger partial charge in [0.05, 0.1) is 55.2 Å². The van der Waals surface area contributed by atoms with Gasteiger partial charge in [0, 0.05) is 85.9 Å². The third kappa shape index (κ3) is 20.0. The Hall–Kier alpha value is -6.99. The number of carbonyl (C=O) groups is 9. The number of halogens is 2. The average molecular weight is 1360 g/mol. The molecular weight excluding hydrogens is 1280 g/mol. The van der Waals surface area contributed by atoms with Crippen LogP contribution in [0.1, 0.15) is 64.5 Å². The number of methoxy groups -OCH3 is 2. The minimum absolute atomic E-state index is 0.0252. The maximum Gasteiger partial charge on any atom is 0.412 e. The number of allylic oxidation sites excluding steroid dienone is 3. The SMILES string of the molecule is COc1cc2cc(c1Cl)N(C)C(=O)C[C@H](OC(=O)[C@H](C)N(C)C(=O)CCSC(=O)N(C)CCN(C)C(=O)OCc1ccc(NC(=O)OC3/C=C/COCOC3)c(NC(=O)CCNC(=O)CBr)c1)[C@]1(C)O[C@H]1[C@H](C)[C@@H]1C[C@@](O)(NC(=O)O1)[C@H](OC)/C=C/C=C(\C)C2. The molecule has 2 fully saturated rings. The zero-order chi connectivity index (χ0) is 66.0. The van der Waals surface area contributed by atoms with E-state index < -0.39 is 107 Å². The molecule has 0 saturated carbocycles. The lowest BCUT2D eigenvalue weighted by atomic mass is 9.83. The van der Waals surface area contributed by atoms with E-state index in [1.165, 1.54) is 81.1 Å². The van der Waals surface area contributed by atoms with Crippen LogP contribution >= 0.6 is 39.3 Å². The van der Waals surface area contributed by atoms with Gasteiger partial charge < -0.3 is 78.0 Å². The van der Waals surface area contributed by atoms with E-state index in [1.54, 1.807) is 56.4 Å². The molecule has 0 radical (unpaired) electrons. The number of esters is 1. The van der Waals surface area contributed by atoms with Crippen LogP contribution < -0.4 is 30.9 Å². The Kier molecular flexibility index (Phi) is 26.7. The average Bonchev–Trinajstić information content (AvgIpc) is 1.57. The van der Waals surface area contributed by atoms with Crippen molar-refractivity contribution in [1.29, 1.82) is 0 Å². The van der Waals surface area contributed by atoms with Gasteiger partial charge in [0.1, 0.15) is 60.2 Å². The molecule has 9 atom stereocenters. The molecule has 4 aliphatic heterocycles. The van der Waals surface area contributed by atoms with E-state index in [0.717, 1.165) is 22.9 Å². The fourth-order valence-corrected chi connectivity index (χ4v) is 11.2. The third-order valence-corrected chi connectivity index (χ3v) is 17.3. The lowest BCUT2D eigenvalue weighted by Crippen LogP contribution is -2.63. The van der Waals surface area contributed by atoms with Crippen LogP contribution in [-0.4, -0.2) is 214 Å². The van der Waals surface area contributed by atoms with Gasteiger partial charge in [-0.2, -0.15) is 0 Å². The number of benzene rings is 2. The number of carbonyl (C=O) groups excluding carboxylic acids is 9. The summed E-state index contributed by atoms with van der Waals surface area (Å²) in [7, 11) is 8.80. The quantitative estimate of drug-likeness (QED) is 0.0320. The molecule has 30 heteroatoms. The molecule has 494 valence electrons. The number of fused-ring (bicyclic) bond motifs is 5. The number of hydrogen-bond donors (Lipinski definition) is 5. The first-order valence-electron chi connectivity index (χ1n) is 28.9. The van der Waals surface area contributed by atoms with Gasteiger partial charge in [0.15, 0.2) is 5.72 Å². The van der Waals surface area contributed by atoms with Crippen LogP contribution in [0, 0.1) is 5.92 Å². The number of thioether (sulfide) groups is 1. The second-order valence-electron chi connectivity index (χ2n) is 22.2. The Labute approximate surface area is 540 Å². The number of ether oxygens (including phenoxy) is 9. The van der Waals surface area contributed by atoms with Crippen LogP contribution in [0.5, 0.6) is 5.75 Å². The summed E-state index contributed by atoms with van der Waals surface area (Å²) >= 11 is 10.7. The summed E-state index contributed by atoms with van der Waals surface area (Å²) in [5.41, 5.74) is -0.535. The van der Waals surface area contributed by atoms with Crippen molar-refractivity contribution in [3.8, 4) is 5.75 Å². The maximum atomic E-state index is 14.4. The van der Waals surface area contributed by atoms with Crippen molar-refractivity contribution < 1.29 is 90.9 Å². The number of alkyl halides is 1. The van der Waals surface area contributed by atoms with E-state index in [2.05, 4.69) is 37.2 Å². The predicted molar refractivity (Wildman–Crippen MR) is 335 cm³/mol. The van der Waals surface area contributed by atoms with Gasteiger partial charge in [-0.3, -0.25) is 34.6 Å². The summed E-state index contributed by atoms with van der Waals surface area (Å²) in [6, 6.07) is 6.88. The van der Waals surface area contributed by atoms with Crippen molar-refractivity contribution in [3.63, 3.8) is 0 Å². The molecule has 0 spiro atoms. The number of alkyl carbamates (subject to hydrolysis) is 1. The number of rotatable bonds is 20. The first kappa shape index (κ1) is 72.1. The van der Waals surface area contributed by atoms with Gasteiger partial charge in [-0.25, -0.2) is 19.2 Å². The van der Waals surface area contributed by atoms with E-state index >= 15 is 0 Å². The summed E-state index contributed by atoms with van der Waals surface area (Å²) in [4.78, 5) is 124. The van der Waals surface area contributed by atoms with E-state index in [0.29, 0.717) is 23.4 Å². The first-order chi connectivity index (χ1) is 42.7. The molecular formula is C60H80BrClN8O19S. The molecule has 8 amide bonds. The van der Waals surface area contributed by atoms with Gasteiger partial charge >= 0.3 is 24.2 Å². The van der Waals surface area contributed by atoms with E-state index in [1.807, 2.05) is 13.0 Å². The summed E-state index contributed by atoms with van der Waals surface area (Å²) in [6.45, 7) is 7.04. The Bertz CT molecular complexity index is 3050. The standard InChI is InChI=1S/C60H80BrClN8O19S/c1-35-13-11-15-46(82-10)60(80)30-45(87-56(77)66-60)36(2)53-59(4,89-53)47(29-51(74)70(8)43-27-39(25-35)28-44(81-9)52(43)62)88-54(75)37(3)69(7)50(73)19-24-90-58(79)68(6)22-21-67(5)57(78)85-32-38-16-17-41(42(26-38)64-48(71)18-20-63-49(72)31-61)65-55(76)86-40-14-12-23-83-34-84-33-40/h11-17,26-28,36-37,40,45-47,53,80H,18-25,29-34H2,1-10H3,(H,63,72)(H,64,71)(H,65,76)(H,66,77)/b14-12+,15-11+,35-13+/t36-,37+,40?,45+,46-,47+,53+,59+,60+/m1/s1. The van der Waals surface area contributed by atoms with Crippen molar-refractivity contribution >= 4 is 109 Å². The molecule has 5 N–H and O–H groups in total. The largest absolute Gasteiger partial charge is 0.495 e. The molecule has 90 heavy (non-hydrogen) atoms. The third-order valence-electron chi connectivity index (χ3n) is 15.5. The highest BCUT2D eigenvalue weighted by Gasteiger charge is 2.64. The zero-order valence-corrected chi connectivity index (χ0v) is 55.1. The monoisotopic (exact) mass is 1360 g/mol. The topological polar surface area (TPSA) is 321 Å². The highest BCUT2D eigenvalue weighted by molar-refractivity contribution is 9.09.